The average Bonchev–Trinajstić information content (AvgIpc) is 2.63. The zero-order valence-electron chi connectivity index (χ0n) is 15.5. The van der Waals surface area contributed by atoms with E-state index in [9.17, 15) is 9.90 Å². The second kappa shape index (κ2) is 8.12. The number of aromatic nitrogens is 1. The van der Waals surface area contributed by atoms with Crippen LogP contribution in [0.4, 0.5) is 0 Å². The Morgan fingerprint density at radius 2 is 2.19 bits per heavy atom. The third kappa shape index (κ3) is 4.03. The molecule has 2 heterocycles. The molecule has 1 atom stereocenters. The monoisotopic (exact) mass is 357 g/mol. The summed E-state index contributed by atoms with van der Waals surface area (Å²) in [6, 6.07) is 10.0. The molecular weight excluding hydrogens is 330 g/mol. The summed E-state index contributed by atoms with van der Waals surface area (Å²) in [7, 11) is 3.56. The number of likely N-dealkylation sites (tertiary alicyclic amines) is 1. The van der Waals surface area contributed by atoms with Crippen molar-refractivity contribution in [3.05, 3.63) is 42.1 Å². The predicted octanol–water partition coefficient (Wildman–Crippen LogP) is 1.67. The number of fused-ring (bicyclic) bond motifs is 1. The molecule has 1 aromatic carbocycles. The van der Waals surface area contributed by atoms with Crippen LogP contribution in [0.5, 0.6) is 0 Å². The highest BCUT2D eigenvalue weighted by Gasteiger charge is 2.42. The van der Waals surface area contributed by atoms with Gasteiger partial charge >= 0.3 is 0 Å². The maximum atomic E-state index is 12.7. The fourth-order valence-electron chi connectivity index (χ4n) is 3.72. The van der Waals surface area contributed by atoms with Crippen LogP contribution >= 0.6 is 0 Å². The fourth-order valence-corrected chi connectivity index (χ4v) is 3.72. The molecule has 1 fully saturated rings. The Kier molecular flexibility index (Phi) is 5.86. The number of hydrogen-bond acceptors (Lipinski definition) is 5. The maximum Gasteiger partial charge on any atom is 0.255 e. The summed E-state index contributed by atoms with van der Waals surface area (Å²) in [5, 5.41) is 12.1. The highest BCUT2D eigenvalue weighted by Crippen LogP contribution is 2.25. The van der Waals surface area contributed by atoms with Crippen molar-refractivity contribution in [2.24, 2.45) is 0 Å². The normalized spacial score (nSPS) is 20.9. The van der Waals surface area contributed by atoms with Crippen molar-refractivity contribution in [3.8, 4) is 0 Å². The number of rotatable bonds is 7. The van der Waals surface area contributed by atoms with Crippen LogP contribution in [-0.4, -0.2) is 71.8 Å². The van der Waals surface area contributed by atoms with Gasteiger partial charge in [0, 0.05) is 44.9 Å². The number of aliphatic hydroxyl groups is 1. The summed E-state index contributed by atoms with van der Waals surface area (Å²) >= 11 is 0. The molecule has 26 heavy (non-hydrogen) atoms. The second-order valence-corrected chi connectivity index (χ2v) is 7.08. The molecule has 6 nitrogen and oxygen atoms in total. The zero-order chi connectivity index (χ0) is 18.6. The number of pyridine rings is 1. The van der Waals surface area contributed by atoms with Gasteiger partial charge in [-0.05, 0) is 37.6 Å². The van der Waals surface area contributed by atoms with Gasteiger partial charge in [-0.3, -0.25) is 14.7 Å². The fraction of sp³-hybridized carbons (Fsp3) is 0.500. The topological polar surface area (TPSA) is 65.9 Å². The Labute approximate surface area is 154 Å². The molecule has 0 spiro atoms. The van der Waals surface area contributed by atoms with E-state index in [-0.39, 0.29) is 5.91 Å². The van der Waals surface area contributed by atoms with E-state index in [2.05, 4.69) is 17.1 Å². The first-order valence-corrected chi connectivity index (χ1v) is 9.05. The van der Waals surface area contributed by atoms with Crippen LogP contribution in [-0.2, 0) is 16.1 Å². The van der Waals surface area contributed by atoms with Gasteiger partial charge in [-0.25, -0.2) is 0 Å². The van der Waals surface area contributed by atoms with Gasteiger partial charge in [0.2, 0.25) is 0 Å². The number of methoxy groups -OCH3 is 1. The second-order valence-electron chi connectivity index (χ2n) is 7.08. The number of piperidine rings is 1. The Morgan fingerprint density at radius 3 is 3.00 bits per heavy atom. The molecule has 0 unspecified atom stereocenters. The van der Waals surface area contributed by atoms with E-state index in [4.69, 9.17) is 4.74 Å². The quantitative estimate of drug-likeness (QED) is 0.816. The Bertz CT molecular complexity index is 762. The van der Waals surface area contributed by atoms with Crippen molar-refractivity contribution < 1.29 is 14.6 Å². The molecule has 2 aromatic rings. The van der Waals surface area contributed by atoms with Gasteiger partial charge < -0.3 is 14.7 Å². The minimum atomic E-state index is -1.33. The molecule has 1 saturated heterocycles. The Balaban J connectivity index is 1.70. The third-order valence-corrected chi connectivity index (χ3v) is 4.98. The Hall–Kier alpha value is -2.02. The number of likely N-dealkylation sites (N-methyl/N-ethyl adjacent to an activating group) is 1. The van der Waals surface area contributed by atoms with Crippen molar-refractivity contribution in [1.29, 1.82) is 0 Å². The number of amides is 1. The van der Waals surface area contributed by atoms with E-state index in [0.29, 0.717) is 39.2 Å². The number of hydrogen-bond donors (Lipinski definition) is 1. The minimum absolute atomic E-state index is 0.188. The van der Waals surface area contributed by atoms with Crippen molar-refractivity contribution in [2.75, 3.05) is 40.4 Å². The summed E-state index contributed by atoms with van der Waals surface area (Å²) in [6.45, 7) is 2.66. The molecular formula is C20H27N3O3. The summed E-state index contributed by atoms with van der Waals surface area (Å²) in [4.78, 5) is 20.8. The van der Waals surface area contributed by atoms with E-state index < -0.39 is 5.60 Å². The van der Waals surface area contributed by atoms with Gasteiger partial charge in [0.25, 0.3) is 5.91 Å². The van der Waals surface area contributed by atoms with Gasteiger partial charge in [0.1, 0.15) is 0 Å². The molecule has 1 N–H and O–H groups in total. The molecule has 6 heteroatoms. The molecule has 0 bridgehead atoms. The lowest BCUT2D eigenvalue weighted by molar-refractivity contribution is -0.159. The highest BCUT2D eigenvalue weighted by atomic mass is 16.5. The van der Waals surface area contributed by atoms with Crippen LogP contribution in [0.2, 0.25) is 0 Å². The van der Waals surface area contributed by atoms with Gasteiger partial charge in [0.05, 0.1) is 12.1 Å². The number of benzene rings is 1. The Morgan fingerprint density at radius 1 is 1.35 bits per heavy atom. The van der Waals surface area contributed by atoms with Gasteiger partial charge in [0.15, 0.2) is 5.60 Å². The van der Waals surface area contributed by atoms with Gasteiger partial charge in [-0.2, -0.15) is 0 Å². The summed E-state index contributed by atoms with van der Waals surface area (Å²) in [5.41, 5.74) is 0.765. The van der Waals surface area contributed by atoms with E-state index in [1.807, 2.05) is 30.1 Å². The smallest absolute Gasteiger partial charge is 0.255 e. The van der Waals surface area contributed by atoms with Crippen LogP contribution in [0.25, 0.3) is 10.9 Å². The first-order valence-electron chi connectivity index (χ1n) is 9.05. The van der Waals surface area contributed by atoms with Crippen LogP contribution in [0.1, 0.15) is 18.4 Å². The number of ether oxygens (including phenoxy) is 1. The number of nitrogens with zero attached hydrogens (tertiary/aromatic N) is 3. The van der Waals surface area contributed by atoms with Crippen LogP contribution in [0, 0.1) is 0 Å². The summed E-state index contributed by atoms with van der Waals surface area (Å²) in [6.07, 6.45) is 3.09. The molecule has 3 rings (SSSR count). The molecule has 0 aliphatic carbocycles. The summed E-state index contributed by atoms with van der Waals surface area (Å²) < 4.78 is 5.07. The number of carbonyl (C=O) groups is 1. The lowest BCUT2D eigenvalue weighted by Gasteiger charge is -2.40. The molecule has 1 aromatic heterocycles. The van der Waals surface area contributed by atoms with Crippen LogP contribution < -0.4 is 0 Å². The van der Waals surface area contributed by atoms with E-state index in [1.165, 1.54) is 0 Å². The van der Waals surface area contributed by atoms with Gasteiger partial charge in [-0.1, -0.05) is 18.2 Å². The first-order chi connectivity index (χ1) is 12.5. The lowest BCUT2D eigenvalue weighted by Crippen LogP contribution is -2.58. The van der Waals surface area contributed by atoms with Crippen molar-refractivity contribution in [3.63, 3.8) is 0 Å². The van der Waals surface area contributed by atoms with E-state index >= 15 is 0 Å². The average molecular weight is 357 g/mol. The van der Waals surface area contributed by atoms with Gasteiger partial charge in [-0.15, -0.1) is 0 Å². The SMILES string of the molecule is COCCN1CCC[C@](O)(CN(C)Cc2cccc3ncccc23)C1=O. The van der Waals surface area contributed by atoms with E-state index in [0.717, 1.165) is 22.9 Å². The van der Waals surface area contributed by atoms with Crippen molar-refractivity contribution >= 4 is 16.8 Å². The molecule has 140 valence electrons. The zero-order valence-corrected chi connectivity index (χ0v) is 15.5. The lowest BCUT2D eigenvalue weighted by atomic mass is 9.91. The third-order valence-electron chi connectivity index (χ3n) is 4.98. The predicted molar refractivity (Wildman–Crippen MR) is 101 cm³/mol. The molecule has 1 aliphatic rings. The molecule has 0 saturated carbocycles. The van der Waals surface area contributed by atoms with Crippen molar-refractivity contribution in [1.82, 2.24) is 14.8 Å². The van der Waals surface area contributed by atoms with Crippen LogP contribution in [0.3, 0.4) is 0 Å². The first kappa shape index (κ1) is 18.8. The van der Waals surface area contributed by atoms with Crippen molar-refractivity contribution in [2.45, 2.75) is 25.0 Å². The van der Waals surface area contributed by atoms with Crippen LogP contribution in [0.15, 0.2) is 36.5 Å². The molecule has 1 aliphatic heterocycles. The number of carbonyl (C=O) groups excluding carboxylic acids is 1. The summed E-state index contributed by atoms with van der Waals surface area (Å²) in [5.74, 6) is -0.188. The largest absolute Gasteiger partial charge is 0.383 e. The van der Waals surface area contributed by atoms with E-state index in [1.54, 1.807) is 18.2 Å². The standard InChI is InChI=1S/C20H27N3O3/c1-22(14-16-6-3-8-18-17(16)7-4-10-21-18)15-20(25)9-5-11-23(19(20)24)12-13-26-2/h3-4,6-8,10,25H,5,9,11-15H2,1-2H3/t20-/m0/s1. The minimum Gasteiger partial charge on any atom is -0.383 e. The maximum absolute atomic E-state index is 12.7. The highest BCUT2D eigenvalue weighted by molar-refractivity contribution is 5.86. The molecule has 0 radical (unpaired) electrons. The molecule has 1 amide bonds.